The number of aryl methyl sites for hydroxylation is 1. The van der Waals surface area contributed by atoms with Crippen molar-refractivity contribution >= 4 is 50.0 Å². The van der Waals surface area contributed by atoms with Gasteiger partial charge in [0.25, 0.3) is 5.56 Å². The van der Waals surface area contributed by atoms with Crippen molar-refractivity contribution < 1.29 is 28.6 Å². The number of carbonyl (C=O) groups excluding carboxylic acids is 3. The number of nitrogens with zero attached hydrogens (tertiary/aromatic N) is 3. The molecule has 0 unspecified atom stereocenters. The minimum atomic E-state index is -2.09. The van der Waals surface area contributed by atoms with Crippen LogP contribution in [0.15, 0.2) is 83.7 Å². The minimum absolute atomic E-state index is 0.197. The molecule has 10 nitrogen and oxygen atoms in total. The van der Waals surface area contributed by atoms with Gasteiger partial charge in [-0.25, -0.2) is 4.68 Å². The quantitative estimate of drug-likeness (QED) is 0.0837. The van der Waals surface area contributed by atoms with Crippen molar-refractivity contribution in [1.29, 1.82) is 0 Å². The number of hydrogen-bond acceptors (Lipinski definition) is 10. The van der Waals surface area contributed by atoms with Crippen molar-refractivity contribution in [3.05, 3.63) is 99.7 Å². The lowest BCUT2D eigenvalue weighted by Gasteiger charge is -2.34. The molecule has 5 aromatic rings. The molecule has 0 aliphatic rings. The molecule has 3 aromatic carbocycles. The van der Waals surface area contributed by atoms with Gasteiger partial charge in [0.15, 0.2) is 11.2 Å². The van der Waals surface area contributed by atoms with Gasteiger partial charge < -0.3 is 14.2 Å². The maximum absolute atomic E-state index is 14.1. The van der Waals surface area contributed by atoms with Crippen LogP contribution in [-0.2, 0) is 32.2 Å². The maximum Gasteiger partial charge on any atom is 0.324 e. The van der Waals surface area contributed by atoms with Crippen LogP contribution in [0.4, 0.5) is 0 Å². The Morgan fingerprint density at radius 2 is 1.46 bits per heavy atom. The number of carbonyl (C=O) groups is 3. The van der Waals surface area contributed by atoms with E-state index in [1.165, 1.54) is 11.3 Å². The highest BCUT2D eigenvalue weighted by Crippen LogP contribution is 2.38. The highest BCUT2D eigenvalue weighted by molar-refractivity contribution is 7.20. The second-order valence-corrected chi connectivity index (χ2v) is 14.7. The summed E-state index contributed by atoms with van der Waals surface area (Å²) >= 11 is 1.24. The molecule has 11 heteroatoms. The fourth-order valence-electron chi connectivity index (χ4n) is 5.08. The zero-order valence-electron chi connectivity index (χ0n) is 27.9. The van der Waals surface area contributed by atoms with Crippen molar-refractivity contribution in [1.82, 2.24) is 15.0 Å². The number of aromatic nitrogens is 3. The molecule has 0 aliphatic heterocycles. The van der Waals surface area contributed by atoms with Gasteiger partial charge in [0, 0.05) is 17.7 Å². The van der Waals surface area contributed by atoms with E-state index in [0.717, 1.165) is 20.3 Å². The van der Waals surface area contributed by atoms with Gasteiger partial charge in [-0.3, -0.25) is 19.2 Å². The Morgan fingerprint density at radius 1 is 0.812 bits per heavy atom. The fraction of sp³-hybridized carbons (Fsp3) is 0.351. The molecular formula is C37H39N3O7S. The number of Topliss-reactive ketones (excluding diaryl/α,β-unsaturated/α-hetero) is 1. The van der Waals surface area contributed by atoms with E-state index in [9.17, 15) is 19.2 Å². The van der Waals surface area contributed by atoms with Crippen molar-refractivity contribution in [2.24, 2.45) is 5.41 Å². The summed E-state index contributed by atoms with van der Waals surface area (Å²) in [6, 6.07) is 23.8. The monoisotopic (exact) mass is 669 g/mol. The lowest BCUT2D eigenvalue weighted by Crippen LogP contribution is -2.49. The van der Waals surface area contributed by atoms with E-state index in [-0.39, 0.29) is 13.0 Å². The van der Waals surface area contributed by atoms with Gasteiger partial charge in [-0.15, -0.1) is 16.4 Å². The van der Waals surface area contributed by atoms with Gasteiger partial charge in [-0.1, -0.05) is 47.7 Å². The van der Waals surface area contributed by atoms with Gasteiger partial charge in [0.2, 0.25) is 0 Å². The Labute approximate surface area is 282 Å². The predicted octanol–water partition coefficient (Wildman–Crippen LogP) is 6.92. The molecule has 48 heavy (non-hydrogen) atoms. The largest absolute Gasteiger partial charge is 0.489 e. The Hall–Kier alpha value is -4.90. The van der Waals surface area contributed by atoms with Crippen LogP contribution >= 0.6 is 11.3 Å². The number of fused-ring (bicyclic) bond motifs is 2. The molecule has 2 aromatic heterocycles. The van der Waals surface area contributed by atoms with Gasteiger partial charge in [-0.2, -0.15) is 0 Å². The number of thiophene rings is 1. The highest BCUT2D eigenvalue weighted by Gasteiger charge is 2.52. The third-order valence-corrected chi connectivity index (χ3v) is 8.57. The van der Waals surface area contributed by atoms with E-state index in [4.69, 9.17) is 14.2 Å². The Balaban J connectivity index is 1.49. The number of hydrogen-bond donors (Lipinski definition) is 0. The van der Waals surface area contributed by atoms with Crippen LogP contribution in [0.3, 0.4) is 0 Å². The van der Waals surface area contributed by atoms with E-state index < -0.39 is 46.3 Å². The molecule has 0 saturated heterocycles. The molecule has 2 heterocycles. The molecular weight excluding hydrogens is 630 g/mol. The Bertz CT molecular complexity index is 1990. The summed E-state index contributed by atoms with van der Waals surface area (Å²) in [4.78, 5) is 55.9. The van der Waals surface area contributed by atoms with E-state index in [0.29, 0.717) is 28.1 Å². The second kappa shape index (κ2) is 13.7. The average molecular weight is 670 g/mol. The first kappa shape index (κ1) is 34.4. The molecule has 250 valence electrons. The molecule has 0 bridgehead atoms. The van der Waals surface area contributed by atoms with Crippen molar-refractivity contribution in [3.63, 3.8) is 0 Å². The van der Waals surface area contributed by atoms with Gasteiger partial charge in [0.1, 0.15) is 29.1 Å². The molecule has 0 aliphatic carbocycles. The van der Waals surface area contributed by atoms with Crippen LogP contribution in [0.5, 0.6) is 5.75 Å². The van der Waals surface area contributed by atoms with Crippen LogP contribution in [0.25, 0.3) is 21.0 Å². The van der Waals surface area contributed by atoms with Crippen LogP contribution in [0, 0.1) is 5.41 Å². The van der Waals surface area contributed by atoms with Crippen molar-refractivity contribution in [2.75, 3.05) is 0 Å². The molecule has 0 radical (unpaired) electrons. The number of ether oxygens (including phenoxy) is 3. The molecule has 0 atom stereocenters. The van der Waals surface area contributed by atoms with Crippen LogP contribution in [0.2, 0.25) is 0 Å². The zero-order chi connectivity index (χ0) is 34.7. The molecule has 0 N–H and O–H groups in total. The van der Waals surface area contributed by atoms with E-state index in [1.807, 2.05) is 48.5 Å². The van der Waals surface area contributed by atoms with Gasteiger partial charge >= 0.3 is 11.9 Å². The average Bonchev–Trinajstić information content (AvgIpc) is 3.45. The smallest absolute Gasteiger partial charge is 0.324 e. The van der Waals surface area contributed by atoms with Crippen LogP contribution in [0.1, 0.15) is 69.6 Å². The topological polar surface area (TPSA) is 127 Å². The highest BCUT2D eigenvalue weighted by atomic mass is 32.1. The summed E-state index contributed by atoms with van der Waals surface area (Å²) in [5.74, 6) is -1.64. The minimum Gasteiger partial charge on any atom is -0.489 e. The van der Waals surface area contributed by atoms with Crippen LogP contribution in [-0.4, -0.2) is 43.9 Å². The first-order valence-corrected chi connectivity index (χ1v) is 16.5. The third-order valence-electron chi connectivity index (χ3n) is 7.44. The SMILES string of the molecule is CC(C)(C)OC(=O)C(CCn1nnc2ccccc2c1=O)(CC(=O)c1cc2ccc(OCc3ccccc3)cc2s1)C(=O)OC(C)(C)C. The fourth-order valence-corrected chi connectivity index (χ4v) is 6.11. The summed E-state index contributed by atoms with van der Waals surface area (Å²) < 4.78 is 19.4. The summed E-state index contributed by atoms with van der Waals surface area (Å²) in [6.07, 6.45) is -0.839. The maximum atomic E-state index is 14.1. The van der Waals surface area contributed by atoms with Gasteiger partial charge in [0.05, 0.1) is 10.3 Å². The lowest BCUT2D eigenvalue weighted by atomic mass is 9.78. The Kier molecular flexibility index (Phi) is 9.81. The number of esters is 2. The third kappa shape index (κ3) is 8.14. The summed E-state index contributed by atoms with van der Waals surface area (Å²) in [5.41, 5.74) is -3.06. The molecule has 0 amide bonds. The predicted molar refractivity (Wildman–Crippen MR) is 184 cm³/mol. The summed E-state index contributed by atoms with van der Waals surface area (Å²) in [5, 5.41) is 9.32. The van der Waals surface area contributed by atoms with Crippen molar-refractivity contribution in [3.8, 4) is 5.75 Å². The second-order valence-electron chi connectivity index (χ2n) is 13.7. The molecule has 5 rings (SSSR count). The van der Waals surface area contributed by atoms with E-state index in [1.54, 1.807) is 71.9 Å². The van der Waals surface area contributed by atoms with E-state index >= 15 is 0 Å². The normalized spacial score (nSPS) is 12.2. The Morgan fingerprint density at radius 3 is 2.12 bits per heavy atom. The van der Waals surface area contributed by atoms with Gasteiger partial charge in [-0.05, 0) is 95.3 Å². The zero-order valence-corrected chi connectivity index (χ0v) is 28.8. The number of rotatable bonds is 11. The molecule has 0 fully saturated rings. The molecule has 0 saturated carbocycles. The number of ketones is 1. The summed E-state index contributed by atoms with van der Waals surface area (Å²) in [6.45, 7) is 10.2. The van der Waals surface area contributed by atoms with Crippen LogP contribution < -0.4 is 10.3 Å². The van der Waals surface area contributed by atoms with Crippen molar-refractivity contribution in [2.45, 2.75) is 78.7 Å². The standard InChI is InChI=1S/C37H39N3O7S/c1-35(2,3)46-33(43)37(34(44)47-36(4,5)6,18-19-40-32(42)27-14-10-11-15-28(27)38-39-40)22-29(41)31-20-25-16-17-26(21-30(25)48-31)45-23-24-12-8-7-9-13-24/h7-17,20-21H,18-19,22-23H2,1-6H3. The first-order valence-electron chi connectivity index (χ1n) is 15.7. The van der Waals surface area contributed by atoms with E-state index in [2.05, 4.69) is 10.3 Å². The molecule has 0 spiro atoms. The number of benzene rings is 3. The lowest BCUT2D eigenvalue weighted by molar-refractivity contribution is -0.186. The first-order chi connectivity index (χ1) is 22.6. The summed E-state index contributed by atoms with van der Waals surface area (Å²) in [7, 11) is 0.